The molecule has 2 fully saturated rings. The van der Waals surface area contributed by atoms with Crippen LogP contribution < -0.4 is 10.2 Å². The lowest BCUT2D eigenvalue weighted by atomic mass is 9.98. The van der Waals surface area contributed by atoms with Crippen LogP contribution in [0.1, 0.15) is 24.6 Å². The van der Waals surface area contributed by atoms with Crippen molar-refractivity contribution in [3.05, 3.63) is 36.4 Å². The zero-order valence-corrected chi connectivity index (χ0v) is 16.2. The van der Waals surface area contributed by atoms with Crippen LogP contribution in [0.2, 0.25) is 0 Å². The highest BCUT2D eigenvalue weighted by molar-refractivity contribution is 5.80. The number of benzene rings is 1. The van der Waals surface area contributed by atoms with Gasteiger partial charge in [-0.3, -0.25) is 5.10 Å². The van der Waals surface area contributed by atoms with Gasteiger partial charge in [0.1, 0.15) is 12.1 Å². The molecule has 5 rings (SSSR count). The monoisotopic (exact) mass is 381 g/mol. The molecule has 148 valence electrons. The van der Waals surface area contributed by atoms with Crippen molar-refractivity contribution in [1.82, 2.24) is 25.1 Å². The molecule has 2 saturated heterocycles. The highest BCUT2D eigenvalue weighted by Gasteiger charge is 2.30. The number of hydrogen-bond donors (Lipinski definition) is 3. The average molecular weight is 381 g/mol. The number of nitrogens with one attached hydrogen (secondary N) is 3. The molecular weight excluding hydrogens is 354 g/mol. The summed E-state index contributed by atoms with van der Waals surface area (Å²) in [5.74, 6) is 1.18. The number of fused-ring (bicyclic) bond motifs is 1. The molecule has 0 amide bonds. The van der Waals surface area contributed by atoms with Gasteiger partial charge < -0.3 is 24.8 Å². The van der Waals surface area contributed by atoms with E-state index in [2.05, 4.69) is 55.5 Å². The van der Waals surface area contributed by atoms with Crippen LogP contribution in [0.25, 0.3) is 11.0 Å². The number of aromatic amines is 2. The number of anilines is 2. The largest absolute Gasteiger partial charge is 0.369 e. The molecule has 0 radical (unpaired) electrons. The quantitative estimate of drug-likeness (QED) is 0.643. The molecule has 8 heteroatoms. The Morgan fingerprint density at radius 1 is 1.21 bits per heavy atom. The molecule has 0 saturated carbocycles. The Hall–Kier alpha value is -2.58. The summed E-state index contributed by atoms with van der Waals surface area (Å²) in [7, 11) is 2.18. The first-order valence-corrected chi connectivity index (χ1v) is 10.1. The summed E-state index contributed by atoms with van der Waals surface area (Å²) in [5, 5.41) is 10.3. The summed E-state index contributed by atoms with van der Waals surface area (Å²) in [6, 6.07) is 6.56. The Kier molecular flexibility index (Phi) is 4.66. The van der Waals surface area contributed by atoms with Gasteiger partial charge in [-0.05, 0) is 38.1 Å². The lowest BCUT2D eigenvalue weighted by Gasteiger charge is -2.34. The van der Waals surface area contributed by atoms with Crippen molar-refractivity contribution < 1.29 is 4.74 Å². The van der Waals surface area contributed by atoms with Crippen LogP contribution in [-0.2, 0) is 4.74 Å². The summed E-state index contributed by atoms with van der Waals surface area (Å²) in [5.41, 5.74) is 4.31. The topological polar surface area (TPSA) is 85.1 Å². The first-order chi connectivity index (χ1) is 13.8. The lowest BCUT2D eigenvalue weighted by Crippen LogP contribution is -2.44. The van der Waals surface area contributed by atoms with Crippen molar-refractivity contribution in [2.24, 2.45) is 0 Å². The van der Waals surface area contributed by atoms with E-state index >= 15 is 0 Å². The number of ether oxygens (including phenoxy) is 1. The van der Waals surface area contributed by atoms with E-state index in [1.807, 2.05) is 6.20 Å². The van der Waals surface area contributed by atoms with E-state index in [0.717, 1.165) is 68.2 Å². The summed E-state index contributed by atoms with van der Waals surface area (Å²) in [6.45, 7) is 5.10. The minimum absolute atomic E-state index is 0.107. The second-order valence-corrected chi connectivity index (χ2v) is 7.79. The summed E-state index contributed by atoms with van der Waals surface area (Å²) in [6.07, 6.45) is 5.59. The first kappa shape index (κ1) is 17.5. The van der Waals surface area contributed by atoms with E-state index in [1.54, 1.807) is 6.20 Å². The van der Waals surface area contributed by atoms with Gasteiger partial charge in [0, 0.05) is 44.7 Å². The molecule has 4 heterocycles. The summed E-state index contributed by atoms with van der Waals surface area (Å²) >= 11 is 0. The van der Waals surface area contributed by atoms with Crippen molar-refractivity contribution in [3.8, 4) is 0 Å². The maximum Gasteiger partial charge on any atom is 0.137 e. The Bertz CT molecular complexity index is 914. The third kappa shape index (κ3) is 3.45. The van der Waals surface area contributed by atoms with Crippen molar-refractivity contribution in [3.63, 3.8) is 0 Å². The van der Waals surface area contributed by atoms with Crippen molar-refractivity contribution >= 4 is 22.4 Å². The van der Waals surface area contributed by atoms with Crippen LogP contribution in [0, 0.1) is 0 Å². The molecule has 2 aromatic heterocycles. The predicted molar refractivity (Wildman–Crippen MR) is 110 cm³/mol. The molecule has 2 unspecified atom stereocenters. The van der Waals surface area contributed by atoms with E-state index in [1.165, 1.54) is 5.69 Å². The second kappa shape index (κ2) is 7.44. The summed E-state index contributed by atoms with van der Waals surface area (Å²) < 4.78 is 6.02. The van der Waals surface area contributed by atoms with E-state index in [-0.39, 0.29) is 12.1 Å². The number of aromatic nitrogens is 4. The van der Waals surface area contributed by atoms with E-state index in [4.69, 9.17) is 9.72 Å². The molecule has 3 aromatic rings. The molecule has 8 nitrogen and oxygen atoms in total. The van der Waals surface area contributed by atoms with Gasteiger partial charge in [0.2, 0.25) is 0 Å². The smallest absolute Gasteiger partial charge is 0.137 e. The van der Waals surface area contributed by atoms with Crippen LogP contribution in [-0.4, -0.2) is 71.1 Å². The zero-order valence-electron chi connectivity index (χ0n) is 16.2. The molecule has 2 atom stereocenters. The number of H-pyrrole nitrogens is 2. The molecule has 0 aliphatic carbocycles. The standard InChI is InChI=1S/C20H27N7O/c1-26-6-8-27(9-7-26)15-4-5-17-18(11-15)25-19(24-17)16-3-2-10-28-20(16)23-14-12-21-22-13-14/h4-5,11-13,16,20,23H,2-3,6-10H2,1H3,(H,21,22)(H,24,25). The number of likely N-dealkylation sites (N-methyl/N-ethyl adjacent to an activating group) is 1. The van der Waals surface area contributed by atoms with E-state index in [0.29, 0.717) is 0 Å². The van der Waals surface area contributed by atoms with Crippen LogP contribution in [0.5, 0.6) is 0 Å². The average Bonchev–Trinajstić information content (AvgIpc) is 3.38. The van der Waals surface area contributed by atoms with Crippen LogP contribution in [0.3, 0.4) is 0 Å². The number of imidazole rings is 1. The molecular formula is C20H27N7O. The maximum absolute atomic E-state index is 6.02. The van der Waals surface area contributed by atoms with Crippen LogP contribution in [0.15, 0.2) is 30.6 Å². The molecule has 2 aliphatic heterocycles. The number of hydrogen-bond acceptors (Lipinski definition) is 6. The third-order valence-electron chi connectivity index (χ3n) is 5.83. The SMILES string of the molecule is CN1CCN(c2ccc3nc(C4CCCOC4Nc4cn[nH]c4)[nH]c3c2)CC1. The Balaban J connectivity index is 1.39. The fraction of sp³-hybridized carbons (Fsp3) is 0.500. The normalized spacial score (nSPS) is 24.0. The van der Waals surface area contributed by atoms with Gasteiger partial charge in [0.25, 0.3) is 0 Å². The Labute approximate surface area is 164 Å². The molecule has 3 N–H and O–H groups in total. The van der Waals surface area contributed by atoms with Gasteiger partial charge in [-0.2, -0.15) is 5.10 Å². The van der Waals surface area contributed by atoms with Crippen LogP contribution >= 0.6 is 0 Å². The van der Waals surface area contributed by atoms with Gasteiger partial charge in [-0.25, -0.2) is 4.98 Å². The molecule has 0 bridgehead atoms. The van der Waals surface area contributed by atoms with Crippen molar-refractivity contribution in [2.45, 2.75) is 25.0 Å². The van der Waals surface area contributed by atoms with Gasteiger partial charge in [-0.1, -0.05) is 0 Å². The Morgan fingerprint density at radius 3 is 2.93 bits per heavy atom. The predicted octanol–water partition coefficient (Wildman–Crippen LogP) is 2.37. The van der Waals surface area contributed by atoms with Crippen molar-refractivity contribution in [2.75, 3.05) is 50.1 Å². The molecule has 2 aliphatic rings. The molecule has 0 spiro atoms. The second-order valence-electron chi connectivity index (χ2n) is 7.79. The van der Waals surface area contributed by atoms with E-state index < -0.39 is 0 Å². The number of nitrogens with zero attached hydrogens (tertiary/aromatic N) is 4. The number of piperazine rings is 1. The number of rotatable bonds is 4. The van der Waals surface area contributed by atoms with Crippen LogP contribution in [0.4, 0.5) is 11.4 Å². The highest BCUT2D eigenvalue weighted by Crippen LogP contribution is 2.32. The highest BCUT2D eigenvalue weighted by atomic mass is 16.5. The first-order valence-electron chi connectivity index (χ1n) is 10.1. The van der Waals surface area contributed by atoms with Crippen molar-refractivity contribution in [1.29, 1.82) is 0 Å². The fourth-order valence-corrected chi connectivity index (χ4v) is 4.15. The zero-order chi connectivity index (χ0) is 18.9. The molecule has 28 heavy (non-hydrogen) atoms. The minimum Gasteiger partial charge on any atom is -0.369 e. The van der Waals surface area contributed by atoms with Gasteiger partial charge >= 0.3 is 0 Å². The maximum atomic E-state index is 6.02. The van der Waals surface area contributed by atoms with Gasteiger partial charge in [0.15, 0.2) is 0 Å². The third-order valence-corrected chi connectivity index (χ3v) is 5.83. The fourth-order valence-electron chi connectivity index (χ4n) is 4.15. The lowest BCUT2D eigenvalue weighted by molar-refractivity contribution is 0.0155. The van der Waals surface area contributed by atoms with E-state index in [9.17, 15) is 0 Å². The van der Waals surface area contributed by atoms with Gasteiger partial charge in [-0.15, -0.1) is 0 Å². The summed E-state index contributed by atoms with van der Waals surface area (Å²) in [4.78, 5) is 13.3. The Morgan fingerprint density at radius 2 is 2.11 bits per heavy atom. The van der Waals surface area contributed by atoms with Gasteiger partial charge in [0.05, 0.1) is 28.8 Å². The minimum atomic E-state index is -0.107. The molecule has 1 aromatic carbocycles.